The van der Waals surface area contributed by atoms with E-state index in [0.717, 1.165) is 66.7 Å². The Hall–Kier alpha value is -5.90. The number of benzene rings is 2. The number of Topliss-reactive ketones (excluding diaryl/α,β-unsaturated/α-hetero) is 1. The predicted molar refractivity (Wildman–Crippen MR) is 232 cm³/mol. The van der Waals surface area contributed by atoms with E-state index in [4.69, 9.17) is 29.2 Å². The van der Waals surface area contributed by atoms with Crippen molar-refractivity contribution < 1.29 is 45.8 Å². The lowest BCUT2D eigenvalue weighted by Gasteiger charge is -2.19. The average molecular weight is 887 g/mol. The number of carbonyl (C=O) groups is 1. The number of hydrogen-bond acceptors (Lipinski definition) is 12. The summed E-state index contributed by atoms with van der Waals surface area (Å²) in [5.74, 6) is -1.95. The first-order valence-electron chi connectivity index (χ1n) is 21.9. The van der Waals surface area contributed by atoms with Crippen molar-refractivity contribution in [1.82, 2.24) is 15.1 Å². The Labute approximate surface area is 370 Å². The van der Waals surface area contributed by atoms with E-state index in [2.05, 4.69) is 24.9 Å². The van der Waals surface area contributed by atoms with Gasteiger partial charge in [0.25, 0.3) is 11.8 Å². The average Bonchev–Trinajstić information content (AvgIpc) is 3.70. The summed E-state index contributed by atoms with van der Waals surface area (Å²) in [5.41, 5.74) is 8.69. The van der Waals surface area contributed by atoms with Crippen molar-refractivity contribution >= 4 is 17.4 Å². The van der Waals surface area contributed by atoms with Gasteiger partial charge in [0, 0.05) is 57.3 Å². The number of pyridine rings is 2. The molecule has 4 fully saturated rings. The van der Waals surface area contributed by atoms with Gasteiger partial charge < -0.3 is 39.0 Å². The molecule has 16 heteroatoms. The number of rotatable bonds is 18. The van der Waals surface area contributed by atoms with Gasteiger partial charge in [-0.1, -0.05) is 36.3 Å². The number of nitrogens with zero attached hydrogens (tertiary/aromatic N) is 5. The maximum absolute atomic E-state index is 13.0. The summed E-state index contributed by atoms with van der Waals surface area (Å²) < 4.78 is 79.7. The zero-order chi connectivity index (χ0) is 44.8. The molecule has 4 unspecified atom stereocenters. The van der Waals surface area contributed by atoms with Crippen molar-refractivity contribution in [2.75, 3.05) is 49.2 Å². The zero-order valence-corrected chi connectivity index (χ0v) is 36.0. The van der Waals surface area contributed by atoms with E-state index in [1.807, 2.05) is 74.5 Å². The molecular weight excluding hydrogens is 833 g/mol. The minimum Gasteiger partial charge on any atom is -0.491 e. The lowest BCUT2D eigenvalue weighted by Crippen LogP contribution is -2.25. The second kappa shape index (κ2) is 19.5. The van der Waals surface area contributed by atoms with Crippen LogP contribution in [-0.2, 0) is 11.2 Å². The van der Waals surface area contributed by atoms with Gasteiger partial charge in [-0.3, -0.25) is 4.79 Å². The highest BCUT2D eigenvalue weighted by atomic mass is 19.3. The number of halogens is 4. The van der Waals surface area contributed by atoms with Crippen molar-refractivity contribution in [3.63, 3.8) is 0 Å². The highest BCUT2D eigenvalue weighted by Crippen LogP contribution is 2.49. The molecule has 9 rings (SSSR count). The maximum atomic E-state index is 13.0. The third kappa shape index (κ3) is 12.0. The minimum atomic E-state index is -2.57. The van der Waals surface area contributed by atoms with Crippen LogP contribution in [0.2, 0.25) is 0 Å². The number of ketones is 1. The number of alkyl halides is 4. The van der Waals surface area contributed by atoms with Gasteiger partial charge in [-0.05, 0) is 72.5 Å². The van der Waals surface area contributed by atoms with Crippen LogP contribution in [0.15, 0.2) is 102 Å². The summed E-state index contributed by atoms with van der Waals surface area (Å²) in [6.07, 6.45) is 7.09. The van der Waals surface area contributed by atoms with Crippen molar-refractivity contribution in [3.05, 3.63) is 114 Å². The van der Waals surface area contributed by atoms with Crippen LogP contribution < -0.4 is 34.5 Å². The van der Waals surface area contributed by atoms with Gasteiger partial charge in [0.2, 0.25) is 0 Å². The molecule has 2 saturated heterocycles. The summed E-state index contributed by atoms with van der Waals surface area (Å²) in [5, 5.41) is 3.80. The molecule has 340 valence electrons. The second-order valence-corrected chi connectivity index (χ2v) is 17.3. The Bertz CT molecular complexity index is 2270. The predicted octanol–water partition coefficient (Wildman–Crippen LogP) is 8.86. The molecule has 2 saturated carbocycles. The second-order valence-electron chi connectivity index (χ2n) is 17.3. The van der Waals surface area contributed by atoms with E-state index in [-0.39, 0.29) is 62.4 Å². The lowest BCUT2D eigenvalue weighted by molar-refractivity contribution is -0.118. The van der Waals surface area contributed by atoms with Crippen LogP contribution in [0.25, 0.3) is 0 Å². The van der Waals surface area contributed by atoms with Crippen LogP contribution in [0.5, 0.6) is 23.0 Å². The lowest BCUT2D eigenvalue weighted by atomic mass is 9.94. The van der Waals surface area contributed by atoms with Crippen LogP contribution in [-0.4, -0.2) is 84.4 Å². The molecule has 2 N–H and O–H groups in total. The smallest absolute Gasteiger partial charge is 0.255 e. The quantitative estimate of drug-likeness (QED) is 0.0842. The molecule has 64 heavy (non-hydrogen) atoms. The van der Waals surface area contributed by atoms with Crippen LogP contribution in [0, 0.1) is 11.8 Å². The molecule has 2 aromatic carbocycles. The third-order valence-electron chi connectivity index (χ3n) is 12.1. The van der Waals surface area contributed by atoms with Crippen LogP contribution in [0.1, 0.15) is 74.7 Å². The Balaban J connectivity index is 0.000000181. The van der Waals surface area contributed by atoms with Gasteiger partial charge in [0.1, 0.15) is 58.9 Å². The van der Waals surface area contributed by atoms with E-state index < -0.39 is 23.7 Å². The summed E-state index contributed by atoms with van der Waals surface area (Å²) in [6, 6.07) is 24.8. The van der Waals surface area contributed by atoms with Crippen molar-refractivity contribution in [2.45, 2.75) is 88.4 Å². The molecule has 5 aromatic rings. The molecule has 2 aliphatic heterocycles. The fraction of sp³-hybridized carbons (Fsp3) is 0.458. The van der Waals surface area contributed by atoms with Crippen LogP contribution >= 0.6 is 0 Å². The fourth-order valence-electron chi connectivity index (χ4n) is 7.82. The Morgan fingerprint density at radius 1 is 0.719 bits per heavy atom. The zero-order valence-electron chi connectivity index (χ0n) is 36.0. The molecule has 5 heterocycles. The number of anilines is 2. The summed E-state index contributed by atoms with van der Waals surface area (Å²) in [4.78, 5) is 25.4. The van der Waals surface area contributed by atoms with Gasteiger partial charge in [0.15, 0.2) is 0 Å². The molecule has 12 nitrogen and oxygen atoms in total. The van der Waals surface area contributed by atoms with Crippen molar-refractivity contribution in [1.29, 1.82) is 0 Å². The van der Waals surface area contributed by atoms with Gasteiger partial charge in [-0.25, -0.2) is 27.5 Å². The number of ether oxygens (including phenoxy) is 4. The first kappa shape index (κ1) is 44.7. The van der Waals surface area contributed by atoms with Gasteiger partial charge in [0.05, 0.1) is 62.6 Å². The van der Waals surface area contributed by atoms with E-state index >= 15 is 0 Å². The van der Waals surface area contributed by atoms with E-state index in [1.54, 1.807) is 30.6 Å². The molecule has 2 aliphatic carbocycles. The fourth-order valence-corrected chi connectivity index (χ4v) is 7.82. The normalized spacial score (nSPS) is 22.5. The summed E-state index contributed by atoms with van der Waals surface area (Å²) in [7, 11) is 0. The number of carbonyl (C=O) groups excluding carboxylic acids is 1. The van der Waals surface area contributed by atoms with Crippen LogP contribution in [0.4, 0.5) is 29.2 Å². The molecule has 6 atom stereocenters. The third-order valence-corrected chi connectivity index (χ3v) is 12.1. The number of nitrogens with two attached hydrogens (primary N) is 1. The highest BCUT2D eigenvalue weighted by molar-refractivity contribution is 5.81. The number of hydrogen-bond donors (Lipinski definition) is 1. The van der Waals surface area contributed by atoms with E-state index in [1.165, 1.54) is 6.26 Å². The first-order chi connectivity index (χ1) is 30.8. The SMILES string of the molecule is C[C@H](CC(=O)Cc1ccon1)c1ccc(OC2CCN(c3ccc(OCC4CC4(F)F)cn3)C2)cc1.C[C@H](N)c1ccc(OC2CCN(c3ccc(OCC4CC4(F)F)cn3)C2)cc1. The van der Waals surface area contributed by atoms with Gasteiger partial charge >= 0.3 is 0 Å². The largest absolute Gasteiger partial charge is 0.491 e. The Morgan fingerprint density at radius 2 is 1.19 bits per heavy atom. The highest BCUT2D eigenvalue weighted by Gasteiger charge is 2.58. The Kier molecular flexibility index (Phi) is 13.6. The first-order valence-corrected chi connectivity index (χ1v) is 21.9. The summed E-state index contributed by atoms with van der Waals surface area (Å²) in [6.45, 7) is 7.16. The molecule has 0 spiro atoms. The molecular formula is C48H54F4N6O6. The minimum absolute atomic E-state index is 0.00909. The number of aromatic nitrogens is 3. The molecule has 3 aromatic heterocycles. The molecule has 0 radical (unpaired) electrons. The van der Waals surface area contributed by atoms with E-state index in [0.29, 0.717) is 30.2 Å². The molecule has 4 aliphatic rings. The molecule has 0 bridgehead atoms. The molecule has 0 amide bonds. The summed E-state index contributed by atoms with van der Waals surface area (Å²) >= 11 is 0. The monoisotopic (exact) mass is 886 g/mol. The standard InChI is InChI=1S/C27H29F2N3O4.C21H25F2N3O2/c1-18(12-22(33)13-21-9-11-35-31-21)19-2-4-23(5-3-19)36-25-8-10-32(16-25)26-7-6-24(15-30-26)34-17-20-14-27(20,28)29;1-14(24)15-2-4-17(5-3-15)28-19-8-9-26(12-19)20-7-6-18(11-25-20)27-13-16-10-21(16,22)23/h2-7,9,11,15,18,20,25H,8,10,12-14,16-17H2,1H3;2-7,11,14,16,19H,8-10,12-13,24H2,1H3/t18-,20?,25?;14-,16?,19?/m10/s1. The van der Waals surface area contributed by atoms with Gasteiger partial charge in [-0.2, -0.15) is 0 Å². The van der Waals surface area contributed by atoms with Crippen molar-refractivity contribution in [2.24, 2.45) is 17.6 Å². The van der Waals surface area contributed by atoms with E-state index in [9.17, 15) is 22.4 Å². The van der Waals surface area contributed by atoms with Crippen LogP contribution in [0.3, 0.4) is 0 Å². The topological polar surface area (TPSA) is 138 Å². The van der Waals surface area contributed by atoms with Crippen molar-refractivity contribution in [3.8, 4) is 23.0 Å². The van der Waals surface area contributed by atoms with Gasteiger partial charge in [-0.15, -0.1) is 0 Å². The Morgan fingerprint density at radius 3 is 1.59 bits per heavy atom. The maximum Gasteiger partial charge on any atom is 0.255 e.